The van der Waals surface area contributed by atoms with Crippen molar-refractivity contribution in [1.82, 2.24) is 25.7 Å². The minimum absolute atomic E-state index is 0.103. The molecule has 4 rings (SSSR count). The van der Waals surface area contributed by atoms with Gasteiger partial charge in [0.05, 0.1) is 0 Å². The average molecular weight is 367 g/mol. The fourth-order valence-electron chi connectivity index (χ4n) is 4.07. The summed E-state index contributed by atoms with van der Waals surface area (Å²) in [6.45, 7) is 5.56. The predicted molar refractivity (Wildman–Crippen MR) is 105 cm³/mol. The van der Waals surface area contributed by atoms with Crippen molar-refractivity contribution in [3.63, 3.8) is 0 Å². The second-order valence-corrected chi connectivity index (χ2v) is 7.65. The Kier molecular flexibility index (Phi) is 5.84. The number of aromatic amines is 1. The molecule has 144 valence electrons. The summed E-state index contributed by atoms with van der Waals surface area (Å²) in [5, 5.41) is 13.6. The van der Waals surface area contributed by atoms with Gasteiger partial charge in [-0.05, 0) is 37.1 Å². The maximum atomic E-state index is 12.6. The third-order valence-electron chi connectivity index (χ3n) is 5.57. The largest absolute Gasteiger partial charge is 0.347 e. The Hall–Kier alpha value is -2.18. The lowest BCUT2D eigenvalue weighted by Gasteiger charge is -2.20. The second kappa shape index (κ2) is 8.67. The van der Waals surface area contributed by atoms with E-state index >= 15 is 0 Å². The van der Waals surface area contributed by atoms with Crippen LogP contribution in [0.15, 0.2) is 24.3 Å². The molecular formula is C21H29N5O. The van der Waals surface area contributed by atoms with Gasteiger partial charge in [0, 0.05) is 43.9 Å². The Morgan fingerprint density at radius 3 is 2.81 bits per heavy atom. The van der Waals surface area contributed by atoms with Crippen molar-refractivity contribution in [2.75, 3.05) is 19.6 Å². The van der Waals surface area contributed by atoms with Crippen molar-refractivity contribution in [2.45, 2.75) is 51.7 Å². The highest BCUT2D eigenvalue weighted by Gasteiger charge is 2.21. The van der Waals surface area contributed by atoms with Gasteiger partial charge in [0.15, 0.2) is 5.69 Å². The van der Waals surface area contributed by atoms with Crippen LogP contribution in [-0.4, -0.2) is 40.6 Å². The summed E-state index contributed by atoms with van der Waals surface area (Å²) in [5.74, 6) is -0.103. The van der Waals surface area contributed by atoms with Crippen molar-refractivity contribution >= 4 is 5.91 Å². The summed E-state index contributed by atoms with van der Waals surface area (Å²) in [5.41, 5.74) is 5.08. The number of amides is 1. The minimum atomic E-state index is -0.103. The van der Waals surface area contributed by atoms with Crippen LogP contribution in [0.3, 0.4) is 0 Å². The van der Waals surface area contributed by atoms with Gasteiger partial charge in [-0.25, -0.2) is 0 Å². The van der Waals surface area contributed by atoms with E-state index in [1.807, 2.05) is 0 Å². The molecular weight excluding hydrogens is 338 g/mol. The number of fused-ring (bicyclic) bond motifs is 1. The molecule has 0 spiro atoms. The number of hydrogen-bond acceptors (Lipinski definition) is 4. The van der Waals surface area contributed by atoms with Crippen LogP contribution >= 0.6 is 0 Å². The molecule has 3 heterocycles. The molecule has 27 heavy (non-hydrogen) atoms. The quantitative estimate of drug-likeness (QED) is 0.759. The smallest absolute Gasteiger partial charge is 0.272 e. The second-order valence-electron chi connectivity index (χ2n) is 7.65. The summed E-state index contributed by atoms with van der Waals surface area (Å²) in [6.07, 6.45) is 6.22. The molecule has 1 aromatic carbocycles. The Morgan fingerprint density at radius 2 is 1.96 bits per heavy atom. The fourth-order valence-corrected chi connectivity index (χ4v) is 4.07. The van der Waals surface area contributed by atoms with E-state index in [9.17, 15) is 4.79 Å². The van der Waals surface area contributed by atoms with Crippen molar-refractivity contribution in [2.24, 2.45) is 0 Å². The summed E-state index contributed by atoms with van der Waals surface area (Å²) in [6, 6.07) is 8.57. The van der Waals surface area contributed by atoms with Gasteiger partial charge >= 0.3 is 0 Å². The van der Waals surface area contributed by atoms with Crippen molar-refractivity contribution < 1.29 is 4.79 Å². The van der Waals surface area contributed by atoms with Crippen molar-refractivity contribution in [1.29, 1.82) is 0 Å². The zero-order valence-electron chi connectivity index (χ0n) is 15.9. The van der Waals surface area contributed by atoms with E-state index in [1.165, 1.54) is 44.3 Å². The number of nitrogens with zero attached hydrogens (tertiary/aromatic N) is 2. The highest BCUT2D eigenvalue weighted by Crippen LogP contribution is 2.16. The van der Waals surface area contributed by atoms with Crippen LogP contribution in [0.4, 0.5) is 0 Å². The molecule has 1 fully saturated rings. The average Bonchev–Trinajstić information content (AvgIpc) is 2.96. The number of carbonyl (C=O) groups excluding carboxylic acids is 1. The lowest BCUT2D eigenvalue weighted by atomic mass is 10.1. The SMILES string of the molecule is O=C(NCc1cccc(CN2CCCCCC2)c1)c1n[nH]c2c1CNCC2. The zero-order valence-corrected chi connectivity index (χ0v) is 15.9. The molecule has 0 unspecified atom stereocenters. The van der Waals surface area contributed by atoms with Crippen LogP contribution in [-0.2, 0) is 26.1 Å². The highest BCUT2D eigenvalue weighted by atomic mass is 16.1. The first-order valence-electron chi connectivity index (χ1n) is 10.1. The van der Waals surface area contributed by atoms with Crippen LogP contribution in [0.25, 0.3) is 0 Å². The van der Waals surface area contributed by atoms with Gasteiger partial charge in [-0.2, -0.15) is 5.10 Å². The monoisotopic (exact) mass is 367 g/mol. The van der Waals surface area contributed by atoms with E-state index in [-0.39, 0.29) is 5.91 Å². The van der Waals surface area contributed by atoms with Crippen molar-refractivity contribution in [3.8, 4) is 0 Å². The van der Waals surface area contributed by atoms with Crippen LogP contribution in [0.5, 0.6) is 0 Å². The van der Waals surface area contributed by atoms with Crippen LogP contribution in [0.2, 0.25) is 0 Å². The molecule has 2 aromatic rings. The molecule has 0 bridgehead atoms. The highest BCUT2D eigenvalue weighted by molar-refractivity contribution is 5.94. The molecule has 0 aliphatic carbocycles. The van der Waals surface area contributed by atoms with Gasteiger partial charge in [0.25, 0.3) is 5.91 Å². The maximum absolute atomic E-state index is 12.6. The molecule has 6 nitrogen and oxygen atoms in total. The molecule has 6 heteroatoms. The Morgan fingerprint density at radius 1 is 1.15 bits per heavy atom. The molecule has 3 N–H and O–H groups in total. The Balaban J connectivity index is 1.35. The lowest BCUT2D eigenvalue weighted by molar-refractivity contribution is 0.0944. The van der Waals surface area contributed by atoms with Crippen LogP contribution in [0.1, 0.15) is 58.6 Å². The number of nitrogens with one attached hydrogen (secondary N) is 3. The van der Waals surface area contributed by atoms with Gasteiger partial charge in [-0.3, -0.25) is 14.8 Å². The van der Waals surface area contributed by atoms with Crippen LogP contribution < -0.4 is 10.6 Å². The van der Waals surface area contributed by atoms with Crippen LogP contribution in [0, 0.1) is 0 Å². The number of rotatable bonds is 5. The fraction of sp³-hybridized carbons (Fsp3) is 0.524. The Bertz CT molecular complexity index is 777. The topological polar surface area (TPSA) is 73.0 Å². The molecule has 1 saturated heterocycles. The predicted octanol–water partition coefficient (Wildman–Crippen LogP) is 2.36. The number of aromatic nitrogens is 2. The van der Waals surface area contributed by atoms with Gasteiger partial charge in [-0.1, -0.05) is 37.1 Å². The molecule has 0 atom stereocenters. The molecule has 0 radical (unpaired) electrons. The van der Waals surface area contributed by atoms with E-state index in [0.29, 0.717) is 18.8 Å². The lowest BCUT2D eigenvalue weighted by Crippen LogP contribution is -2.28. The standard InChI is InChI=1S/C21H29N5O/c27-21(20-18-14-22-9-8-19(18)24-25-20)23-13-16-6-5-7-17(12-16)15-26-10-3-1-2-4-11-26/h5-7,12,22H,1-4,8-11,13-15H2,(H,23,27)(H,24,25). The maximum Gasteiger partial charge on any atom is 0.272 e. The molecule has 1 aromatic heterocycles. The molecule has 0 saturated carbocycles. The first kappa shape index (κ1) is 18.2. The van der Waals surface area contributed by atoms with E-state index in [0.717, 1.165) is 36.3 Å². The normalized spacial score (nSPS) is 17.9. The Labute approximate surface area is 160 Å². The van der Waals surface area contributed by atoms with E-state index in [4.69, 9.17) is 0 Å². The number of likely N-dealkylation sites (tertiary alicyclic amines) is 1. The first-order chi connectivity index (χ1) is 13.3. The van der Waals surface area contributed by atoms with E-state index in [2.05, 4.69) is 50.0 Å². The summed E-state index contributed by atoms with van der Waals surface area (Å²) < 4.78 is 0. The van der Waals surface area contributed by atoms with Gasteiger partial charge in [0.1, 0.15) is 0 Å². The van der Waals surface area contributed by atoms with E-state index in [1.54, 1.807) is 0 Å². The minimum Gasteiger partial charge on any atom is -0.347 e. The van der Waals surface area contributed by atoms with Gasteiger partial charge in [-0.15, -0.1) is 0 Å². The van der Waals surface area contributed by atoms with Gasteiger partial charge < -0.3 is 10.6 Å². The third kappa shape index (κ3) is 4.57. The summed E-state index contributed by atoms with van der Waals surface area (Å²) in [7, 11) is 0. The van der Waals surface area contributed by atoms with E-state index < -0.39 is 0 Å². The number of benzene rings is 1. The molecule has 1 amide bonds. The molecule has 2 aliphatic heterocycles. The molecule has 2 aliphatic rings. The zero-order chi connectivity index (χ0) is 18.5. The number of hydrogen-bond donors (Lipinski definition) is 3. The number of carbonyl (C=O) groups is 1. The van der Waals surface area contributed by atoms with Gasteiger partial charge in [0.2, 0.25) is 0 Å². The third-order valence-corrected chi connectivity index (χ3v) is 5.57. The first-order valence-corrected chi connectivity index (χ1v) is 10.1. The number of H-pyrrole nitrogens is 1. The van der Waals surface area contributed by atoms with Crippen molar-refractivity contribution in [3.05, 3.63) is 52.3 Å². The summed E-state index contributed by atoms with van der Waals surface area (Å²) in [4.78, 5) is 15.1. The summed E-state index contributed by atoms with van der Waals surface area (Å²) >= 11 is 0.